The molecule has 0 fully saturated rings. The zero-order valence-electron chi connectivity index (χ0n) is 8.02. The van der Waals surface area contributed by atoms with Gasteiger partial charge in [0, 0.05) is 26.7 Å². The van der Waals surface area contributed by atoms with Crippen LogP contribution in [0.5, 0.6) is 0 Å². The molecule has 2 aromatic rings. The Labute approximate surface area is 80.4 Å². The smallest absolute Gasteiger partial charge is 0.217 e. The fourth-order valence-electron chi connectivity index (χ4n) is 1.09. The number of hydrogen-bond acceptors (Lipinski definition) is 6. The highest BCUT2D eigenvalue weighted by atomic mass is 16.4. The van der Waals surface area contributed by atoms with Crippen molar-refractivity contribution in [3.8, 4) is 0 Å². The molecule has 6 heteroatoms. The summed E-state index contributed by atoms with van der Waals surface area (Å²) in [6.07, 6.45) is 1.25. The van der Waals surface area contributed by atoms with Crippen LogP contribution in [0.3, 0.4) is 0 Å². The van der Waals surface area contributed by atoms with E-state index in [4.69, 9.17) is 8.83 Å². The average molecular weight is 194 g/mol. The fraction of sp³-hybridized carbons (Fsp3) is 0.500. The lowest BCUT2D eigenvalue weighted by molar-refractivity contribution is 0.435. The Morgan fingerprint density at radius 2 is 1.21 bits per heavy atom. The van der Waals surface area contributed by atoms with Gasteiger partial charge in [0.15, 0.2) is 0 Å². The summed E-state index contributed by atoms with van der Waals surface area (Å²) in [5, 5.41) is 15.2. The maximum Gasteiger partial charge on any atom is 0.217 e. The van der Waals surface area contributed by atoms with Crippen molar-refractivity contribution in [2.24, 2.45) is 0 Å². The van der Waals surface area contributed by atoms with Gasteiger partial charge < -0.3 is 8.83 Å². The number of aryl methyl sites for hydroxylation is 4. The highest BCUT2D eigenvalue weighted by molar-refractivity contribution is 4.86. The van der Waals surface area contributed by atoms with Crippen LogP contribution in [-0.4, -0.2) is 20.4 Å². The minimum atomic E-state index is 0.571. The van der Waals surface area contributed by atoms with Crippen molar-refractivity contribution in [2.45, 2.75) is 26.7 Å². The van der Waals surface area contributed by atoms with Gasteiger partial charge in [-0.15, -0.1) is 20.4 Å². The van der Waals surface area contributed by atoms with E-state index in [-0.39, 0.29) is 0 Å². The van der Waals surface area contributed by atoms with Crippen LogP contribution in [0, 0.1) is 13.8 Å². The van der Waals surface area contributed by atoms with Crippen LogP contribution in [0.25, 0.3) is 0 Å². The molecule has 0 aromatic carbocycles. The summed E-state index contributed by atoms with van der Waals surface area (Å²) < 4.78 is 10.4. The van der Waals surface area contributed by atoms with Gasteiger partial charge >= 0.3 is 0 Å². The van der Waals surface area contributed by atoms with Gasteiger partial charge in [-0.2, -0.15) is 0 Å². The standard InChI is InChI=1S/C8H10N4O2/c1-5-9-11-7(13-5)3-4-8-12-10-6(2)14-8/h3-4H2,1-2H3. The molecule has 0 saturated carbocycles. The van der Waals surface area contributed by atoms with E-state index in [1.807, 2.05) is 0 Å². The summed E-state index contributed by atoms with van der Waals surface area (Å²) in [7, 11) is 0. The molecule has 0 aliphatic carbocycles. The number of hydrogen-bond donors (Lipinski definition) is 0. The SMILES string of the molecule is Cc1nnc(CCc2nnc(C)o2)o1. The maximum absolute atomic E-state index is 5.20. The van der Waals surface area contributed by atoms with E-state index in [0.717, 1.165) is 0 Å². The molecule has 0 aliphatic rings. The Balaban J connectivity index is 1.94. The molecule has 0 aliphatic heterocycles. The third-order valence-corrected chi connectivity index (χ3v) is 1.69. The van der Waals surface area contributed by atoms with Crippen LogP contribution in [0.15, 0.2) is 8.83 Å². The number of rotatable bonds is 3. The van der Waals surface area contributed by atoms with Gasteiger partial charge in [-0.3, -0.25) is 0 Å². The first-order chi connectivity index (χ1) is 6.74. The largest absolute Gasteiger partial charge is 0.426 e. The average Bonchev–Trinajstić information content (AvgIpc) is 2.72. The molecule has 0 N–H and O–H groups in total. The summed E-state index contributed by atoms with van der Waals surface area (Å²) in [4.78, 5) is 0. The van der Waals surface area contributed by atoms with E-state index in [2.05, 4.69) is 20.4 Å². The molecule has 0 spiro atoms. The highest BCUT2D eigenvalue weighted by Gasteiger charge is 2.06. The third-order valence-electron chi connectivity index (χ3n) is 1.69. The predicted octanol–water partition coefficient (Wildman–Crippen LogP) is 0.855. The molecule has 0 amide bonds. The summed E-state index contributed by atoms with van der Waals surface area (Å²) in [6, 6.07) is 0. The molecule has 2 heterocycles. The molecule has 2 rings (SSSR count). The molecule has 0 unspecified atom stereocenters. The topological polar surface area (TPSA) is 77.8 Å². The van der Waals surface area contributed by atoms with Gasteiger partial charge in [0.2, 0.25) is 23.6 Å². The minimum Gasteiger partial charge on any atom is -0.426 e. The van der Waals surface area contributed by atoms with Gasteiger partial charge in [0.05, 0.1) is 0 Å². The van der Waals surface area contributed by atoms with E-state index in [1.165, 1.54) is 0 Å². The predicted molar refractivity (Wildman–Crippen MR) is 45.5 cm³/mol. The van der Waals surface area contributed by atoms with Crippen molar-refractivity contribution in [1.82, 2.24) is 20.4 Å². The van der Waals surface area contributed by atoms with Crippen LogP contribution in [-0.2, 0) is 12.8 Å². The summed E-state index contributed by atoms with van der Waals surface area (Å²) >= 11 is 0. The lowest BCUT2D eigenvalue weighted by atomic mass is 10.3. The zero-order chi connectivity index (χ0) is 9.97. The van der Waals surface area contributed by atoms with Gasteiger partial charge in [0.1, 0.15) is 0 Å². The van der Waals surface area contributed by atoms with E-state index >= 15 is 0 Å². The van der Waals surface area contributed by atoms with Crippen LogP contribution < -0.4 is 0 Å². The number of aromatic nitrogens is 4. The molecular weight excluding hydrogens is 184 g/mol. The first kappa shape index (κ1) is 8.86. The van der Waals surface area contributed by atoms with Gasteiger partial charge in [0.25, 0.3) is 0 Å². The Hall–Kier alpha value is -1.72. The normalized spacial score (nSPS) is 10.7. The molecular formula is C8H10N4O2. The molecule has 0 atom stereocenters. The van der Waals surface area contributed by atoms with Crippen LogP contribution >= 0.6 is 0 Å². The van der Waals surface area contributed by atoms with Crippen LogP contribution in [0.1, 0.15) is 23.6 Å². The van der Waals surface area contributed by atoms with Crippen molar-refractivity contribution in [3.05, 3.63) is 23.6 Å². The maximum atomic E-state index is 5.20. The Kier molecular flexibility index (Phi) is 2.26. The fourth-order valence-corrected chi connectivity index (χ4v) is 1.09. The van der Waals surface area contributed by atoms with Crippen molar-refractivity contribution in [2.75, 3.05) is 0 Å². The van der Waals surface area contributed by atoms with E-state index in [1.54, 1.807) is 13.8 Å². The van der Waals surface area contributed by atoms with Gasteiger partial charge in [-0.05, 0) is 0 Å². The van der Waals surface area contributed by atoms with Crippen molar-refractivity contribution in [1.29, 1.82) is 0 Å². The van der Waals surface area contributed by atoms with Crippen LogP contribution in [0.2, 0.25) is 0 Å². The molecule has 0 saturated heterocycles. The first-order valence-electron chi connectivity index (χ1n) is 4.32. The first-order valence-corrected chi connectivity index (χ1v) is 4.32. The lowest BCUT2D eigenvalue weighted by Gasteiger charge is -1.89. The summed E-state index contributed by atoms with van der Waals surface area (Å²) in [5.74, 6) is 2.33. The summed E-state index contributed by atoms with van der Waals surface area (Å²) in [5.41, 5.74) is 0. The second kappa shape index (κ2) is 3.57. The highest BCUT2D eigenvalue weighted by Crippen LogP contribution is 2.04. The van der Waals surface area contributed by atoms with E-state index in [0.29, 0.717) is 36.4 Å². The number of nitrogens with zero attached hydrogens (tertiary/aromatic N) is 4. The molecule has 6 nitrogen and oxygen atoms in total. The quantitative estimate of drug-likeness (QED) is 0.720. The van der Waals surface area contributed by atoms with E-state index < -0.39 is 0 Å². The third kappa shape index (κ3) is 1.95. The molecule has 14 heavy (non-hydrogen) atoms. The lowest BCUT2D eigenvalue weighted by Crippen LogP contribution is -1.91. The van der Waals surface area contributed by atoms with Gasteiger partial charge in [-0.25, -0.2) is 0 Å². The molecule has 2 aromatic heterocycles. The Morgan fingerprint density at radius 1 is 0.786 bits per heavy atom. The second-order valence-electron chi connectivity index (χ2n) is 2.93. The minimum absolute atomic E-state index is 0.571. The summed E-state index contributed by atoms with van der Waals surface area (Å²) in [6.45, 7) is 3.51. The molecule has 0 bridgehead atoms. The molecule has 0 radical (unpaired) electrons. The van der Waals surface area contributed by atoms with Crippen molar-refractivity contribution < 1.29 is 8.83 Å². The van der Waals surface area contributed by atoms with E-state index in [9.17, 15) is 0 Å². The van der Waals surface area contributed by atoms with Gasteiger partial charge in [-0.1, -0.05) is 0 Å². The monoisotopic (exact) mass is 194 g/mol. The van der Waals surface area contributed by atoms with Crippen LogP contribution in [0.4, 0.5) is 0 Å². The Bertz CT molecular complexity index is 380. The Morgan fingerprint density at radius 3 is 1.50 bits per heavy atom. The zero-order valence-corrected chi connectivity index (χ0v) is 8.02. The van der Waals surface area contributed by atoms with Crippen molar-refractivity contribution in [3.63, 3.8) is 0 Å². The van der Waals surface area contributed by atoms with Crippen molar-refractivity contribution >= 4 is 0 Å². The second-order valence-corrected chi connectivity index (χ2v) is 2.93. The molecule has 74 valence electrons.